The summed E-state index contributed by atoms with van der Waals surface area (Å²) < 4.78 is 0. The number of nitrogens with one attached hydrogen (secondary N) is 6. The number of H-pyrrole nitrogens is 1. The van der Waals surface area contributed by atoms with Crippen LogP contribution in [0.1, 0.15) is 86.1 Å². The Kier molecular flexibility index (Phi) is 18.3. The predicted molar refractivity (Wildman–Crippen MR) is 219 cm³/mol. The Balaban J connectivity index is 1.87. The number of hydrogen-bond acceptors (Lipinski definition) is 10. The number of carboxylic acids is 1. The fraction of sp³-hybridized carbons (Fsp3) is 0.634. The van der Waals surface area contributed by atoms with Crippen LogP contribution in [-0.4, -0.2) is 128 Å². The van der Waals surface area contributed by atoms with Crippen molar-refractivity contribution in [3.8, 4) is 0 Å². The highest BCUT2D eigenvalue weighted by molar-refractivity contribution is 5.98. The summed E-state index contributed by atoms with van der Waals surface area (Å²) in [5.74, 6) is -6.59. The van der Waals surface area contributed by atoms with Crippen molar-refractivity contribution >= 4 is 52.3 Å². The molecule has 1 aliphatic heterocycles. The minimum absolute atomic E-state index is 0.0597. The molecule has 0 radical (unpaired) electrons. The molecule has 6 amide bonds. The zero-order chi connectivity index (χ0) is 44.1. The van der Waals surface area contributed by atoms with Crippen molar-refractivity contribution in [1.29, 1.82) is 0 Å². The molecule has 1 aromatic heterocycles. The summed E-state index contributed by atoms with van der Waals surface area (Å²) in [6.07, 6.45) is 2.30. The van der Waals surface area contributed by atoms with E-state index in [1.807, 2.05) is 38.1 Å². The third-order valence-electron chi connectivity index (χ3n) is 11.1. The number of nitrogens with two attached hydrogens (primary N) is 1. The number of carboxylic acid groups (broad SMARTS) is 1. The van der Waals surface area contributed by atoms with Crippen LogP contribution in [0, 0.1) is 17.8 Å². The number of aromatic amines is 1. The van der Waals surface area contributed by atoms with E-state index in [0.717, 1.165) is 10.9 Å². The summed E-state index contributed by atoms with van der Waals surface area (Å²) in [7, 11) is 0. The van der Waals surface area contributed by atoms with E-state index in [1.54, 1.807) is 33.9 Å². The summed E-state index contributed by atoms with van der Waals surface area (Å²) in [5.41, 5.74) is 7.56. The van der Waals surface area contributed by atoms with Gasteiger partial charge >= 0.3 is 5.97 Å². The van der Waals surface area contributed by atoms with Gasteiger partial charge in [0.15, 0.2) is 6.04 Å². The first kappa shape index (κ1) is 48.3. The van der Waals surface area contributed by atoms with E-state index in [1.165, 1.54) is 11.8 Å². The van der Waals surface area contributed by atoms with Crippen LogP contribution in [0.3, 0.4) is 0 Å². The number of aliphatic hydroxyl groups is 2. The van der Waals surface area contributed by atoms with E-state index >= 15 is 0 Å². The maximum atomic E-state index is 14.2. The largest absolute Gasteiger partial charge is 0.480 e. The molecule has 10 atom stereocenters. The molecule has 0 unspecified atom stereocenters. The number of amides is 6. The Morgan fingerprint density at radius 2 is 1.37 bits per heavy atom. The number of hydrogen-bond donors (Lipinski definition) is 10. The van der Waals surface area contributed by atoms with Gasteiger partial charge < -0.3 is 57.5 Å². The van der Waals surface area contributed by atoms with Crippen LogP contribution in [-0.2, 0) is 40.0 Å². The molecule has 1 aliphatic rings. The molecule has 328 valence electrons. The number of nitrogens with zero attached hydrogens (tertiary/aromatic N) is 1. The highest BCUT2D eigenvalue weighted by Crippen LogP contribution is 2.22. The first-order chi connectivity index (χ1) is 27.8. The maximum absolute atomic E-state index is 14.2. The monoisotopic (exact) mass is 828 g/mol. The van der Waals surface area contributed by atoms with Crippen LogP contribution in [0.4, 0.5) is 0 Å². The molecule has 0 saturated carbocycles. The quantitative estimate of drug-likeness (QED) is 0.0757. The second-order valence-electron chi connectivity index (χ2n) is 16.1. The number of aliphatic carboxylic acids is 1. The van der Waals surface area contributed by atoms with Crippen LogP contribution in [0.25, 0.3) is 10.9 Å². The number of carbonyl (C=O) groups is 7. The van der Waals surface area contributed by atoms with Gasteiger partial charge in [-0.3, -0.25) is 28.8 Å². The number of aliphatic hydroxyl groups excluding tert-OH is 2. The molecule has 0 spiro atoms. The Hall–Kier alpha value is -5.07. The number of rotatable bonds is 22. The lowest BCUT2D eigenvalue weighted by Gasteiger charge is -2.31. The molecule has 1 aromatic carbocycles. The third-order valence-corrected chi connectivity index (χ3v) is 11.1. The van der Waals surface area contributed by atoms with Crippen molar-refractivity contribution < 1.29 is 48.9 Å². The maximum Gasteiger partial charge on any atom is 0.328 e. The molecule has 18 nitrogen and oxygen atoms in total. The van der Waals surface area contributed by atoms with E-state index < -0.39 is 102 Å². The number of carbonyl (C=O) groups excluding carboxylic acids is 6. The number of benzene rings is 1. The van der Waals surface area contributed by atoms with E-state index in [9.17, 15) is 48.9 Å². The van der Waals surface area contributed by atoms with Crippen LogP contribution < -0.4 is 32.3 Å². The Bertz CT molecular complexity index is 1780. The van der Waals surface area contributed by atoms with Gasteiger partial charge in [0.25, 0.3) is 0 Å². The van der Waals surface area contributed by atoms with Gasteiger partial charge in [0.2, 0.25) is 35.4 Å². The molecule has 18 heteroatoms. The van der Waals surface area contributed by atoms with E-state index in [0.29, 0.717) is 44.2 Å². The smallest absolute Gasteiger partial charge is 0.328 e. The van der Waals surface area contributed by atoms with Gasteiger partial charge in [0.1, 0.15) is 30.2 Å². The average Bonchev–Trinajstić information content (AvgIpc) is 3.86. The minimum atomic E-state index is -1.65. The van der Waals surface area contributed by atoms with Crippen LogP contribution in [0.5, 0.6) is 0 Å². The van der Waals surface area contributed by atoms with E-state index in [-0.39, 0.29) is 18.2 Å². The van der Waals surface area contributed by atoms with Crippen LogP contribution in [0.2, 0.25) is 0 Å². The second-order valence-corrected chi connectivity index (χ2v) is 16.1. The molecule has 59 heavy (non-hydrogen) atoms. The highest BCUT2D eigenvalue weighted by atomic mass is 16.4. The van der Waals surface area contributed by atoms with Gasteiger partial charge in [-0.05, 0) is 55.6 Å². The lowest BCUT2D eigenvalue weighted by molar-refractivity contribution is -0.145. The molecular formula is C41H64N8O10. The fourth-order valence-corrected chi connectivity index (χ4v) is 7.12. The summed E-state index contributed by atoms with van der Waals surface area (Å²) in [6.45, 7) is 11.5. The Labute approximate surface area is 345 Å². The van der Waals surface area contributed by atoms with Crippen molar-refractivity contribution in [2.45, 2.75) is 135 Å². The average molecular weight is 829 g/mol. The van der Waals surface area contributed by atoms with Crippen molar-refractivity contribution in [3.05, 3.63) is 36.0 Å². The molecule has 1 saturated heterocycles. The number of para-hydroxylation sites is 1. The lowest BCUT2D eigenvalue weighted by Crippen LogP contribution is -2.62. The molecule has 11 N–H and O–H groups in total. The molecule has 0 bridgehead atoms. The fourth-order valence-electron chi connectivity index (χ4n) is 7.12. The number of fused-ring (bicyclic) bond motifs is 1. The Morgan fingerprint density at radius 3 is 1.92 bits per heavy atom. The lowest BCUT2D eigenvalue weighted by atomic mass is 9.95. The minimum Gasteiger partial charge on any atom is -0.480 e. The highest BCUT2D eigenvalue weighted by Gasteiger charge is 2.39. The van der Waals surface area contributed by atoms with Gasteiger partial charge in [-0.15, -0.1) is 0 Å². The van der Waals surface area contributed by atoms with E-state index in [4.69, 9.17) is 5.73 Å². The van der Waals surface area contributed by atoms with Crippen molar-refractivity contribution in [3.63, 3.8) is 0 Å². The third kappa shape index (κ3) is 13.0. The van der Waals surface area contributed by atoms with Gasteiger partial charge in [-0.25, -0.2) is 4.79 Å². The van der Waals surface area contributed by atoms with Crippen molar-refractivity contribution in [2.24, 2.45) is 23.5 Å². The zero-order valence-corrected chi connectivity index (χ0v) is 35.1. The molecule has 0 aliphatic carbocycles. The topological polar surface area (TPSA) is 285 Å². The Morgan fingerprint density at radius 1 is 0.814 bits per heavy atom. The molecule has 3 rings (SSSR count). The van der Waals surface area contributed by atoms with Gasteiger partial charge in [0, 0.05) is 30.1 Å². The summed E-state index contributed by atoms with van der Waals surface area (Å²) >= 11 is 0. The molecule has 1 fully saturated rings. The van der Waals surface area contributed by atoms with Crippen molar-refractivity contribution in [1.82, 2.24) is 36.5 Å². The van der Waals surface area contributed by atoms with Crippen LogP contribution in [0.15, 0.2) is 30.5 Å². The van der Waals surface area contributed by atoms with Gasteiger partial charge in [-0.2, -0.15) is 0 Å². The first-order valence-electron chi connectivity index (χ1n) is 20.5. The second kappa shape index (κ2) is 22.3. The normalized spacial score (nSPS) is 18.7. The predicted octanol–water partition coefficient (Wildman–Crippen LogP) is 0.0487. The number of aromatic nitrogens is 1. The van der Waals surface area contributed by atoms with Gasteiger partial charge in [-0.1, -0.05) is 72.6 Å². The molecular weight excluding hydrogens is 764 g/mol. The summed E-state index contributed by atoms with van der Waals surface area (Å²) in [6, 6.07) is -1.35. The standard InChI is InChI=1S/C41H64N8O10/c1-8-22(5)32(47-36(53)30(20-50)45-37(54)31-15-12-16-49(31)40(57)27(42)17-21(3)4)38(55)44-29(18-25-19-43-28-14-11-10-13-26(25)28)35(52)46-33(23(6)9-2)39(56)48-34(24(7)51)41(58)59/h10-11,13-14,19,21-24,27,29-34,43,50-51H,8-9,12,15-18,20,42H2,1-7H3,(H,44,55)(H,45,54)(H,46,52)(H,47,53)(H,48,56)(H,58,59)/t22-,23-,24+,27-,29-,30-,31-,32-,33-,34-/m0/s1. The van der Waals surface area contributed by atoms with Crippen molar-refractivity contribution in [2.75, 3.05) is 13.2 Å². The zero-order valence-electron chi connectivity index (χ0n) is 35.1. The summed E-state index contributed by atoms with van der Waals surface area (Å²) in [4.78, 5) is 98.4. The first-order valence-corrected chi connectivity index (χ1v) is 20.5. The summed E-state index contributed by atoms with van der Waals surface area (Å²) in [5, 5.41) is 43.5. The number of likely N-dealkylation sites (tertiary alicyclic amines) is 1. The SMILES string of the molecule is CC[C@H](C)[C@H](NC(=O)[C@H](CO)NC(=O)[C@@H]1CCCN1C(=O)[C@@H](N)CC(C)C)C(=O)N[C@@H](Cc1c[nH]c2ccccc12)C(=O)N[C@H](C(=O)N[C@H](C(=O)O)[C@@H](C)O)[C@@H](C)CC. The van der Waals surface area contributed by atoms with Crippen LogP contribution >= 0.6 is 0 Å². The van der Waals surface area contributed by atoms with E-state index in [2.05, 4.69) is 31.6 Å². The van der Waals surface area contributed by atoms with Gasteiger partial charge in [0.05, 0.1) is 18.8 Å². The molecule has 2 aromatic rings. The molecule has 2 heterocycles.